The highest BCUT2D eigenvalue weighted by Gasteiger charge is 2.06. The number of halogens is 1. The maximum Gasteiger partial charge on any atom is 0.133 e. The Kier molecular flexibility index (Phi) is 5.58. The van der Waals surface area contributed by atoms with E-state index < -0.39 is 0 Å². The molecule has 19 heavy (non-hydrogen) atoms. The summed E-state index contributed by atoms with van der Waals surface area (Å²) in [7, 11) is 0. The molecule has 1 heterocycles. The number of nitrogens with two attached hydrogens (primary N) is 1. The van der Waals surface area contributed by atoms with Crippen LogP contribution < -0.4 is 5.73 Å². The van der Waals surface area contributed by atoms with Crippen LogP contribution in [0.2, 0.25) is 0 Å². The van der Waals surface area contributed by atoms with Crippen LogP contribution in [-0.4, -0.2) is 5.84 Å². The maximum atomic E-state index is 7.51. The van der Waals surface area contributed by atoms with E-state index in [0.717, 1.165) is 11.3 Å². The summed E-state index contributed by atoms with van der Waals surface area (Å²) in [6.45, 7) is 4.40. The Balaban J connectivity index is 0.00000180. The van der Waals surface area contributed by atoms with Gasteiger partial charge in [-0.2, -0.15) is 0 Å². The van der Waals surface area contributed by atoms with E-state index >= 15 is 0 Å². The average molecular weight is 295 g/mol. The molecule has 0 radical (unpaired) electrons. The molecule has 2 aromatic rings. The van der Waals surface area contributed by atoms with Gasteiger partial charge < -0.3 is 5.73 Å². The number of hydrogen-bond donors (Lipinski definition) is 2. The zero-order valence-electron chi connectivity index (χ0n) is 11.1. The normalized spacial score (nSPS) is 12.5. The molecule has 0 spiro atoms. The van der Waals surface area contributed by atoms with E-state index in [-0.39, 0.29) is 18.2 Å². The minimum atomic E-state index is 0. The van der Waals surface area contributed by atoms with Crippen LogP contribution in [0.3, 0.4) is 0 Å². The fourth-order valence-electron chi connectivity index (χ4n) is 1.77. The molecule has 0 fully saturated rings. The second-order valence-electron chi connectivity index (χ2n) is 4.53. The van der Waals surface area contributed by atoms with Gasteiger partial charge in [0.2, 0.25) is 0 Å². The third-order valence-corrected chi connectivity index (χ3v) is 4.24. The molecule has 2 rings (SSSR count). The summed E-state index contributed by atoms with van der Waals surface area (Å²) in [5.74, 6) is 0.735. The second-order valence-corrected chi connectivity index (χ2v) is 5.61. The van der Waals surface area contributed by atoms with E-state index in [1.807, 2.05) is 6.07 Å². The van der Waals surface area contributed by atoms with Crippen LogP contribution in [0, 0.1) is 11.3 Å². The topological polar surface area (TPSA) is 49.9 Å². The summed E-state index contributed by atoms with van der Waals surface area (Å²) < 4.78 is 1.19. The van der Waals surface area contributed by atoms with Gasteiger partial charge in [0.25, 0.3) is 0 Å². The molecular weight excluding hydrogens is 276 g/mol. The van der Waals surface area contributed by atoms with E-state index in [4.69, 9.17) is 11.1 Å². The predicted molar refractivity (Wildman–Crippen MR) is 88.6 cm³/mol. The Labute approximate surface area is 124 Å². The molecule has 0 aliphatic heterocycles. The summed E-state index contributed by atoms with van der Waals surface area (Å²) in [5, 5.41) is 8.70. The standard InChI is InChI=1S/C15H18N2S.ClH/c1-3-10(2)7-8-11-5-4-6-13-12(11)9-14(18-13)15(16)17;/h4-10H,3H2,1-2H3,(H3,16,17);1H/b8-7+;/t10-;/m1./s1. The van der Waals surface area contributed by atoms with Crippen LogP contribution in [-0.2, 0) is 0 Å². The van der Waals surface area contributed by atoms with Crippen molar-refractivity contribution in [3.8, 4) is 0 Å². The summed E-state index contributed by atoms with van der Waals surface area (Å²) in [6, 6.07) is 8.25. The van der Waals surface area contributed by atoms with Crippen LogP contribution in [0.25, 0.3) is 16.2 Å². The zero-order valence-corrected chi connectivity index (χ0v) is 12.8. The number of thiophene rings is 1. The number of hydrogen-bond acceptors (Lipinski definition) is 2. The second kappa shape index (κ2) is 6.73. The molecule has 1 aromatic heterocycles. The quantitative estimate of drug-likeness (QED) is 0.625. The summed E-state index contributed by atoms with van der Waals surface area (Å²) in [5.41, 5.74) is 6.75. The molecule has 1 atom stereocenters. The zero-order chi connectivity index (χ0) is 13.1. The Morgan fingerprint density at radius 3 is 2.84 bits per heavy atom. The van der Waals surface area contributed by atoms with Gasteiger partial charge in [-0.25, -0.2) is 0 Å². The lowest BCUT2D eigenvalue weighted by Crippen LogP contribution is -2.08. The number of rotatable bonds is 4. The molecule has 0 saturated carbocycles. The monoisotopic (exact) mass is 294 g/mol. The minimum Gasteiger partial charge on any atom is -0.383 e. The maximum absolute atomic E-state index is 7.51. The van der Waals surface area contributed by atoms with E-state index in [0.29, 0.717) is 5.92 Å². The van der Waals surface area contributed by atoms with Gasteiger partial charge in [-0.05, 0) is 23.6 Å². The van der Waals surface area contributed by atoms with Gasteiger partial charge in [0, 0.05) is 10.1 Å². The third-order valence-electron chi connectivity index (χ3n) is 3.11. The average Bonchev–Trinajstić information content (AvgIpc) is 2.80. The van der Waals surface area contributed by atoms with Gasteiger partial charge in [0.1, 0.15) is 5.84 Å². The molecule has 0 bridgehead atoms. The van der Waals surface area contributed by atoms with Gasteiger partial charge in [0.15, 0.2) is 0 Å². The molecule has 0 aliphatic carbocycles. The molecule has 102 valence electrons. The number of nitrogens with one attached hydrogen (secondary N) is 1. The Morgan fingerprint density at radius 2 is 2.21 bits per heavy atom. The summed E-state index contributed by atoms with van der Waals surface area (Å²) in [6.07, 6.45) is 5.56. The lowest BCUT2D eigenvalue weighted by molar-refractivity contribution is 0.701. The van der Waals surface area contributed by atoms with E-state index in [9.17, 15) is 0 Å². The molecular formula is C15H19ClN2S. The molecule has 1 aromatic carbocycles. The lowest BCUT2D eigenvalue weighted by Gasteiger charge is -2.00. The van der Waals surface area contributed by atoms with Crippen LogP contribution >= 0.6 is 23.7 Å². The fraction of sp³-hybridized carbons (Fsp3) is 0.267. The lowest BCUT2D eigenvalue weighted by atomic mass is 10.0. The fourth-order valence-corrected chi connectivity index (χ4v) is 2.72. The van der Waals surface area contributed by atoms with Crippen molar-refractivity contribution >= 4 is 45.7 Å². The number of amidine groups is 1. The van der Waals surface area contributed by atoms with Crippen molar-refractivity contribution in [3.63, 3.8) is 0 Å². The highest BCUT2D eigenvalue weighted by molar-refractivity contribution is 7.20. The number of fused-ring (bicyclic) bond motifs is 1. The van der Waals surface area contributed by atoms with Crippen molar-refractivity contribution in [2.75, 3.05) is 0 Å². The van der Waals surface area contributed by atoms with Crippen LogP contribution in [0.1, 0.15) is 30.7 Å². The van der Waals surface area contributed by atoms with Crippen LogP contribution in [0.15, 0.2) is 30.3 Å². The Bertz CT molecular complexity index is 601. The summed E-state index contributed by atoms with van der Waals surface area (Å²) >= 11 is 1.58. The molecule has 3 N–H and O–H groups in total. The number of benzene rings is 1. The van der Waals surface area contributed by atoms with Gasteiger partial charge in [0.05, 0.1) is 4.88 Å². The van der Waals surface area contributed by atoms with Gasteiger partial charge >= 0.3 is 0 Å². The van der Waals surface area contributed by atoms with Crippen molar-refractivity contribution in [1.82, 2.24) is 0 Å². The molecule has 0 saturated heterocycles. The first kappa shape index (κ1) is 15.7. The molecule has 0 amide bonds. The van der Waals surface area contributed by atoms with Crippen molar-refractivity contribution in [3.05, 3.63) is 40.8 Å². The van der Waals surface area contributed by atoms with Crippen molar-refractivity contribution in [2.45, 2.75) is 20.3 Å². The number of allylic oxidation sites excluding steroid dienone is 1. The molecule has 2 nitrogen and oxygen atoms in total. The molecule has 4 heteroatoms. The highest BCUT2D eigenvalue weighted by atomic mass is 35.5. The van der Waals surface area contributed by atoms with Gasteiger partial charge in [-0.3, -0.25) is 5.41 Å². The first-order chi connectivity index (χ1) is 8.61. The first-order valence-electron chi connectivity index (χ1n) is 6.17. The van der Waals surface area contributed by atoms with Crippen molar-refractivity contribution < 1.29 is 0 Å². The van der Waals surface area contributed by atoms with E-state index in [1.54, 1.807) is 11.3 Å². The smallest absolute Gasteiger partial charge is 0.133 e. The Morgan fingerprint density at radius 1 is 1.47 bits per heavy atom. The largest absolute Gasteiger partial charge is 0.383 e. The molecule has 0 aliphatic rings. The van der Waals surface area contributed by atoms with Crippen LogP contribution in [0.5, 0.6) is 0 Å². The minimum absolute atomic E-state index is 0. The Hall–Kier alpha value is -1.32. The summed E-state index contributed by atoms with van der Waals surface area (Å²) in [4.78, 5) is 0.842. The van der Waals surface area contributed by atoms with Gasteiger partial charge in [-0.15, -0.1) is 23.7 Å². The number of nitrogen functional groups attached to an aromatic ring is 1. The predicted octanol–water partition coefficient (Wildman–Crippen LogP) is 4.67. The van der Waals surface area contributed by atoms with Gasteiger partial charge in [-0.1, -0.05) is 44.6 Å². The van der Waals surface area contributed by atoms with E-state index in [2.05, 4.69) is 44.2 Å². The third kappa shape index (κ3) is 3.58. The van der Waals surface area contributed by atoms with E-state index in [1.165, 1.54) is 15.6 Å². The highest BCUT2D eigenvalue weighted by Crippen LogP contribution is 2.29. The SMILES string of the molecule is CC[C@@H](C)/C=C/c1cccc2sc(C(=N)N)cc12.Cl. The first-order valence-corrected chi connectivity index (χ1v) is 6.98. The van der Waals surface area contributed by atoms with Crippen molar-refractivity contribution in [2.24, 2.45) is 11.7 Å². The molecule has 0 unspecified atom stereocenters. The van der Waals surface area contributed by atoms with Crippen LogP contribution in [0.4, 0.5) is 0 Å². The van der Waals surface area contributed by atoms with Crippen molar-refractivity contribution in [1.29, 1.82) is 5.41 Å².